The number of fused-ring (bicyclic) bond motifs is 1. The molecule has 3 heterocycles. The predicted octanol–water partition coefficient (Wildman–Crippen LogP) is 2.00. The smallest absolute Gasteiger partial charge is 0.226 e. The lowest BCUT2D eigenvalue weighted by atomic mass is 9.83. The number of amides is 1. The summed E-state index contributed by atoms with van der Waals surface area (Å²) in [7, 11) is 1.78. The molecule has 1 amide bonds. The number of hydrogen-bond acceptors (Lipinski definition) is 4. The van der Waals surface area contributed by atoms with E-state index >= 15 is 0 Å². The highest BCUT2D eigenvalue weighted by molar-refractivity contribution is 5.79. The van der Waals surface area contributed by atoms with Gasteiger partial charge in [0, 0.05) is 39.1 Å². The summed E-state index contributed by atoms with van der Waals surface area (Å²) in [6.45, 7) is 2.27. The maximum absolute atomic E-state index is 12.9. The van der Waals surface area contributed by atoms with Crippen LogP contribution in [0.1, 0.15) is 30.7 Å². The summed E-state index contributed by atoms with van der Waals surface area (Å²) in [4.78, 5) is 19.2. The molecule has 1 saturated heterocycles. The van der Waals surface area contributed by atoms with Crippen LogP contribution in [0.15, 0.2) is 36.7 Å². The highest BCUT2D eigenvalue weighted by Gasteiger charge is 2.39. The Labute approximate surface area is 147 Å². The number of nitrogens with zero attached hydrogens (tertiary/aromatic N) is 4. The van der Waals surface area contributed by atoms with E-state index in [4.69, 9.17) is 4.74 Å². The lowest BCUT2D eigenvalue weighted by Gasteiger charge is -2.42. The van der Waals surface area contributed by atoms with Crippen LogP contribution in [0, 0.1) is 5.92 Å². The SMILES string of the molecule is COC1(c2ccccc2)CCN(C(=O)C2CCn3ncnc3C2)CC1. The number of aromatic nitrogens is 3. The lowest BCUT2D eigenvalue weighted by molar-refractivity contribution is -0.142. The van der Waals surface area contributed by atoms with Crippen molar-refractivity contribution in [2.75, 3.05) is 20.2 Å². The molecular formula is C19H24N4O2. The van der Waals surface area contributed by atoms with Gasteiger partial charge in [-0.2, -0.15) is 5.10 Å². The molecule has 0 bridgehead atoms. The van der Waals surface area contributed by atoms with Gasteiger partial charge in [0.15, 0.2) is 0 Å². The fraction of sp³-hybridized carbons (Fsp3) is 0.526. The number of carbonyl (C=O) groups is 1. The van der Waals surface area contributed by atoms with E-state index in [-0.39, 0.29) is 17.4 Å². The minimum Gasteiger partial charge on any atom is -0.373 e. The van der Waals surface area contributed by atoms with Crippen molar-refractivity contribution in [1.29, 1.82) is 0 Å². The molecule has 1 aromatic heterocycles. The minimum absolute atomic E-state index is 0.0310. The maximum Gasteiger partial charge on any atom is 0.226 e. The molecule has 25 heavy (non-hydrogen) atoms. The summed E-state index contributed by atoms with van der Waals surface area (Å²) in [6, 6.07) is 10.4. The van der Waals surface area contributed by atoms with Crippen LogP contribution in [0.2, 0.25) is 0 Å². The Morgan fingerprint density at radius 2 is 1.96 bits per heavy atom. The molecule has 0 aliphatic carbocycles. The summed E-state index contributed by atoms with van der Waals surface area (Å²) in [5, 5.41) is 4.19. The van der Waals surface area contributed by atoms with E-state index in [1.54, 1.807) is 13.4 Å². The zero-order chi connectivity index (χ0) is 17.3. The Hall–Kier alpha value is -2.21. The second kappa shape index (κ2) is 6.59. The van der Waals surface area contributed by atoms with Crippen LogP contribution in [0.25, 0.3) is 0 Å². The van der Waals surface area contributed by atoms with Gasteiger partial charge in [-0.25, -0.2) is 4.98 Å². The summed E-state index contributed by atoms with van der Waals surface area (Å²) in [5.41, 5.74) is 0.931. The fourth-order valence-electron chi connectivity index (χ4n) is 4.14. The third-order valence-corrected chi connectivity index (χ3v) is 5.74. The number of ether oxygens (including phenoxy) is 1. The van der Waals surface area contributed by atoms with Crippen molar-refractivity contribution in [2.45, 2.75) is 37.8 Å². The molecule has 1 fully saturated rings. The number of carbonyl (C=O) groups excluding carboxylic acids is 1. The largest absolute Gasteiger partial charge is 0.373 e. The first-order valence-corrected chi connectivity index (χ1v) is 8.98. The molecule has 0 radical (unpaired) electrons. The van der Waals surface area contributed by atoms with Gasteiger partial charge in [0.05, 0.1) is 5.60 Å². The van der Waals surface area contributed by atoms with Crippen LogP contribution < -0.4 is 0 Å². The van der Waals surface area contributed by atoms with Crippen molar-refractivity contribution in [3.05, 3.63) is 48.0 Å². The van der Waals surface area contributed by atoms with E-state index < -0.39 is 0 Å². The third kappa shape index (κ3) is 2.95. The van der Waals surface area contributed by atoms with E-state index in [1.165, 1.54) is 5.56 Å². The Kier molecular flexibility index (Phi) is 4.29. The van der Waals surface area contributed by atoms with Gasteiger partial charge in [-0.15, -0.1) is 0 Å². The number of likely N-dealkylation sites (tertiary alicyclic amines) is 1. The van der Waals surface area contributed by atoms with Crippen LogP contribution >= 0.6 is 0 Å². The number of aryl methyl sites for hydroxylation is 1. The van der Waals surface area contributed by atoms with Gasteiger partial charge in [-0.05, 0) is 24.8 Å². The van der Waals surface area contributed by atoms with E-state index in [0.717, 1.165) is 44.7 Å². The Morgan fingerprint density at radius 3 is 2.68 bits per heavy atom. The molecule has 1 unspecified atom stereocenters. The molecule has 132 valence electrons. The van der Waals surface area contributed by atoms with Crippen LogP contribution in [0.3, 0.4) is 0 Å². The zero-order valence-electron chi connectivity index (χ0n) is 14.6. The van der Waals surface area contributed by atoms with Crippen LogP contribution in [-0.2, 0) is 28.1 Å². The molecular weight excluding hydrogens is 316 g/mol. The van der Waals surface area contributed by atoms with Gasteiger partial charge < -0.3 is 9.64 Å². The topological polar surface area (TPSA) is 60.2 Å². The van der Waals surface area contributed by atoms with Crippen molar-refractivity contribution >= 4 is 5.91 Å². The van der Waals surface area contributed by atoms with Gasteiger partial charge in [-0.3, -0.25) is 9.48 Å². The molecule has 1 atom stereocenters. The molecule has 0 spiro atoms. The third-order valence-electron chi connectivity index (χ3n) is 5.74. The first kappa shape index (κ1) is 16.3. The second-order valence-corrected chi connectivity index (χ2v) is 6.98. The van der Waals surface area contributed by atoms with Gasteiger partial charge in [0.2, 0.25) is 5.91 Å². The van der Waals surface area contributed by atoms with Crippen molar-refractivity contribution in [2.24, 2.45) is 5.92 Å². The van der Waals surface area contributed by atoms with Crippen molar-refractivity contribution < 1.29 is 9.53 Å². The molecule has 2 aromatic rings. The molecule has 4 rings (SSSR count). The Morgan fingerprint density at radius 1 is 1.20 bits per heavy atom. The number of methoxy groups -OCH3 is 1. The van der Waals surface area contributed by atoms with Crippen molar-refractivity contribution in [3.8, 4) is 0 Å². The highest BCUT2D eigenvalue weighted by Crippen LogP contribution is 2.36. The van der Waals surface area contributed by atoms with E-state index in [0.29, 0.717) is 6.42 Å². The molecule has 0 N–H and O–H groups in total. The molecule has 1 aromatic carbocycles. The molecule has 6 heteroatoms. The number of piperidine rings is 1. The average Bonchev–Trinajstić information content (AvgIpc) is 3.16. The first-order valence-electron chi connectivity index (χ1n) is 8.98. The molecule has 2 aliphatic heterocycles. The summed E-state index contributed by atoms with van der Waals surface area (Å²) in [5.74, 6) is 1.22. The van der Waals surface area contributed by atoms with Gasteiger partial charge in [-0.1, -0.05) is 30.3 Å². The zero-order valence-corrected chi connectivity index (χ0v) is 14.6. The number of hydrogen-bond donors (Lipinski definition) is 0. The maximum atomic E-state index is 12.9. The fourth-order valence-corrected chi connectivity index (χ4v) is 4.14. The van der Waals surface area contributed by atoms with Crippen molar-refractivity contribution in [3.63, 3.8) is 0 Å². The van der Waals surface area contributed by atoms with E-state index in [1.807, 2.05) is 27.8 Å². The second-order valence-electron chi connectivity index (χ2n) is 6.98. The van der Waals surface area contributed by atoms with Gasteiger partial charge in [0.25, 0.3) is 0 Å². The average molecular weight is 340 g/mol. The first-order chi connectivity index (χ1) is 12.2. The summed E-state index contributed by atoms with van der Waals surface area (Å²) >= 11 is 0. The van der Waals surface area contributed by atoms with Gasteiger partial charge in [0.1, 0.15) is 12.2 Å². The number of benzene rings is 1. The van der Waals surface area contributed by atoms with Gasteiger partial charge >= 0.3 is 0 Å². The van der Waals surface area contributed by atoms with Crippen LogP contribution in [0.4, 0.5) is 0 Å². The predicted molar refractivity (Wildman–Crippen MR) is 92.8 cm³/mol. The van der Waals surface area contributed by atoms with Crippen LogP contribution in [-0.4, -0.2) is 45.8 Å². The molecule has 2 aliphatic rings. The van der Waals surface area contributed by atoms with E-state index in [9.17, 15) is 4.79 Å². The monoisotopic (exact) mass is 340 g/mol. The lowest BCUT2D eigenvalue weighted by Crippen LogP contribution is -2.48. The molecule has 6 nitrogen and oxygen atoms in total. The Bertz CT molecular complexity index is 735. The quantitative estimate of drug-likeness (QED) is 0.857. The minimum atomic E-state index is -0.273. The Balaban J connectivity index is 1.42. The summed E-state index contributed by atoms with van der Waals surface area (Å²) < 4.78 is 7.82. The van der Waals surface area contributed by atoms with Crippen LogP contribution in [0.5, 0.6) is 0 Å². The molecule has 0 saturated carbocycles. The van der Waals surface area contributed by atoms with E-state index in [2.05, 4.69) is 22.2 Å². The van der Waals surface area contributed by atoms with Crippen molar-refractivity contribution in [1.82, 2.24) is 19.7 Å². The highest BCUT2D eigenvalue weighted by atomic mass is 16.5. The standard InChI is InChI=1S/C19H24N4O2/c1-25-19(16-5-3-2-4-6-16)8-11-22(12-9-19)18(24)15-7-10-23-17(13-15)20-14-21-23/h2-6,14-15H,7-13H2,1H3. The normalized spacial score (nSPS) is 22.4. The number of rotatable bonds is 3. The summed E-state index contributed by atoms with van der Waals surface area (Å²) in [6.07, 6.45) is 4.80.